The van der Waals surface area contributed by atoms with Gasteiger partial charge >= 0.3 is 0 Å². The monoisotopic (exact) mass is 375 g/mol. The number of benzene rings is 3. The van der Waals surface area contributed by atoms with Gasteiger partial charge in [0.25, 0.3) is 5.91 Å². The zero-order valence-electron chi connectivity index (χ0n) is 15.4. The van der Waals surface area contributed by atoms with Crippen molar-refractivity contribution in [3.05, 3.63) is 77.9 Å². The van der Waals surface area contributed by atoms with E-state index >= 15 is 0 Å². The van der Waals surface area contributed by atoms with E-state index in [1.807, 2.05) is 42.5 Å². The Kier molecular flexibility index (Phi) is 5.69. The second kappa shape index (κ2) is 8.35. The third-order valence-electron chi connectivity index (χ3n) is 4.35. The lowest BCUT2D eigenvalue weighted by Gasteiger charge is -2.16. The number of primary amides is 1. The fourth-order valence-corrected chi connectivity index (χ4v) is 3.01. The minimum absolute atomic E-state index is 0.233. The highest BCUT2D eigenvalue weighted by atomic mass is 16.2. The first-order valence-electron chi connectivity index (χ1n) is 8.88. The molecule has 0 aliphatic carbocycles. The standard InChI is InChI=1S/C22H21N3O3/c1-14(26)24-19-8-4-7-18(13-19)22(28)25-20(21(23)27)12-15-9-10-16-5-2-3-6-17(16)11-15/h2-11,13,20H,12H2,1H3,(H2,23,27)(H,24,26)(H,25,28)/t20-/m0/s1. The van der Waals surface area contributed by atoms with Gasteiger partial charge in [-0.05, 0) is 34.5 Å². The van der Waals surface area contributed by atoms with Gasteiger partial charge in [0.2, 0.25) is 11.8 Å². The zero-order chi connectivity index (χ0) is 20.1. The number of hydrogen-bond donors (Lipinski definition) is 3. The van der Waals surface area contributed by atoms with Gasteiger partial charge in [-0.1, -0.05) is 48.5 Å². The first kappa shape index (κ1) is 19.1. The van der Waals surface area contributed by atoms with Gasteiger partial charge in [-0.15, -0.1) is 0 Å². The summed E-state index contributed by atoms with van der Waals surface area (Å²) in [4.78, 5) is 35.7. The Labute approximate surface area is 162 Å². The van der Waals surface area contributed by atoms with Crippen LogP contribution in [0.4, 0.5) is 5.69 Å². The Balaban J connectivity index is 1.76. The van der Waals surface area contributed by atoms with Gasteiger partial charge in [0.15, 0.2) is 0 Å². The maximum atomic E-state index is 12.6. The van der Waals surface area contributed by atoms with Crippen molar-refractivity contribution in [2.45, 2.75) is 19.4 Å². The van der Waals surface area contributed by atoms with E-state index in [4.69, 9.17) is 5.73 Å². The fraction of sp³-hybridized carbons (Fsp3) is 0.136. The SMILES string of the molecule is CC(=O)Nc1cccc(C(=O)N[C@@H](Cc2ccc3ccccc3c2)C(N)=O)c1. The van der Waals surface area contributed by atoms with Crippen LogP contribution in [0.2, 0.25) is 0 Å². The molecule has 0 radical (unpaired) electrons. The summed E-state index contributed by atoms with van der Waals surface area (Å²) in [6.07, 6.45) is 0.289. The molecule has 6 nitrogen and oxygen atoms in total. The molecule has 0 saturated heterocycles. The summed E-state index contributed by atoms with van der Waals surface area (Å²) in [5.74, 6) is -1.28. The zero-order valence-corrected chi connectivity index (χ0v) is 15.4. The molecule has 1 atom stereocenters. The van der Waals surface area contributed by atoms with Gasteiger partial charge in [-0.2, -0.15) is 0 Å². The van der Waals surface area contributed by atoms with Gasteiger partial charge in [-0.25, -0.2) is 0 Å². The van der Waals surface area contributed by atoms with Gasteiger partial charge < -0.3 is 16.4 Å². The van der Waals surface area contributed by atoms with Crippen LogP contribution in [0.25, 0.3) is 10.8 Å². The average molecular weight is 375 g/mol. The quantitative estimate of drug-likeness (QED) is 0.617. The average Bonchev–Trinajstić information content (AvgIpc) is 2.67. The Morgan fingerprint density at radius 3 is 2.39 bits per heavy atom. The van der Waals surface area contributed by atoms with Crippen LogP contribution in [-0.2, 0) is 16.0 Å². The van der Waals surface area contributed by atoms with E-state index in [0.717, 1.165) is 16.3 Å². The summed E-state index contributed by atoms with van der Waals surface area (Å²) in [6, 6.07) is 19.4. The van der Waals surface area contributed by atoms with E-state index in [1.54, 1.807) is 24.3 Å². The molecule has 4 N–H and O–H groups in total. The molecule has 0 spiro atoms. The smallest absolute Gasteiger partial charge is 0.252 e. The number of carbonyl (C=O) groups is 3. The lowest BCUT2D eigenvalue weighted by molar-refractivity contribution is -0.119. The van der Waals surface area contributed by atoms with E-state index in [2.05, 4.69) is 10.6 Å². The van der Waals surface area contributed by atoms with Crippen LogP contribution in [0.1, 0.15) is 22.8 Å². The normalized spacial score (nSPS) is 11.6. The molecule has 3 aromatic carbocycles. The highest BCUT2D eigenvalue weighted by Gasteiger charge is 2.20. The number of anilines is 1. The third kappa shape index (κ3) is 4.73. The molecule has 28 heavy (non-hydrogen) atoms. The molecular weight excluding hydrogens is 354 g/mol. The van der Waals surface area contributed by atoms with E-state index in [9.17, 15) is 14.4 Å². The molecular formula is C22H21N3O3. The minimum Gasteiger partial charge on any atom is -0.368 e. The van der Waals surface area contributed by atoms with Crippen molar-refractivity contribution >= 4 is 34.2 Å². The number of fused-ring (bicyclic) bond motifs is 1. The number of nitrogens with one attached hydrogen (secondary N) is 2. The summed E-state index contributed by atoms with van der Waals surface area (Å²) < 4.78 is 0. The third-order valence-corrected chi connectivity index (χ3v) is 4.35. The van der Waals surface area contributed by atoms with Crippen LogP contribution in [0, 0.1) is 0 Å². The minimum atomic E-state index is -0.849. The molecule has 0 fully saturated rings. The maximum absolute atomic E-state index is 12.6. The summed E-state index contributed by atoms with van der Waals surface area (Å²) in [5, 5.41) is 7.46. The summed E-state index contributed by atoms with van der Waals surface area (Å²) in [7, 11) is 0. The second-order valence-corrected chi connectivity index (χ2v) is 6.58. The lowest BCUT2D eigenvalue weighted by atomic mass is 10.0. The molecule has 0 unspecified atom stereocenters. The van der Waals surface area contributed by atoms with Crippen LogP contribution >= 0.6 is 0 Å². The molecule has 3 aromatic rings. The second-order valence-electron chi connectivity index (χ2n) is 6.58. The van der Waals surface area contributed by atoms with Crippen molar-refractivity contribution in [1.82, 2.24) is 5.32 Å². The molecule has 6 heteroatoms. The van der Waals surface area contributed by atoms with Gasteiger partial charge in [-0.3, -0.25) is 14.4 Å². The Bertz CT molecular complexity index is 1050. The molecule has 0 heterocycles. The largest absolute Gasteiger partial charge is 0.368 e. The molecule has 142 valence electrons. The van der Waals surface area contributed by atoms with Crippen LogP contribution in [-0.4, -0.2) is 23.8 Å². The lowest BCUT2D eigenvalue weighted by Crippen LogP contribution is -2.45. The van der Waals surface area contributed by atoms with Gasteiger partial charge in [0, 0.05) is 24.6 Å². The number of rotatable bonds is 6. The van der Waals surface area contributed by atoms with Gasteiger partial charge in [0.05, 0.1) is 0 Å². The van der Waals surface area contributed by atoms with E-state index in [-0.39, 0.29) is 12.3 Å². The van der Waals surface area contributed by atoms with Crippen LogP contribution in [0.5, 0.6) is 0 Å². The number of nitrogens with two attached hydrogens (primary N) is 1. The Hall–Kier alpha value is -3.67. The van der Waals surface area contributed by atoms with E-state index in [1.165, 1.54) is 6.92 Å². The van der Waals surface area contributed by atoms with Crippen molar-refractivity contribution < 1.29 is 14.4 Å². The Morgan fingerprint density at radius 2 is 1.68 bits per heavy atom. The first-order valence-corrected chi connectivity index (χ1v) is 8.88. The molecule has 0 aliphatic rings. The highest BCUT2D eigenvalue weighted by Crippen LogP contribution is 2.17. The number of hydrogen-bond acceptors (Lipinski definition) is 3. The topological polar surface area (TPSA) is 101 Å². The van der Waals surface area contributed by atoms with Crippen molar-refractivity contribution in [2.24, 2.45) is 5.73 Å². The Morgan fingerprint density at radius 1 is 0.929 bits per heavy atom. The number of amides is 3. The van der Waals surface area contributed by atoms with Crippen LogP contribution in [0.15, 0.2) is 66.7 Å². The van der Waals surface area contributed by atoms with Crippen molar-refractivity contribution in [2.75, 3.05) is 5.32 Å². The van der Waals surface area contributed by atoms with E-state index < -0.39 is 17.9 Å². The highest BCUT2D eigenvalue weighted by molar-refractivity contribution is 5.99. The van der Waals surface area contributed by atoms with Crippen molar-refractivity contribution in [3.63, 3.8) is 0 Å². The molecule has 0 aliphatic heterocycles. The van der Waals surface area contributed by atoms with Gasteiger partial charge in [0.1, 0.15) is 6.04 Å². The van der Waals surface area contributed by atoms with Crippen molar-refractivity contribution in [1.29, 1.82) is 0 Å². The molecule has 0 bridgehead atoms. The van der Waals surface area contributed by atoms with E-state index in [0.29, 0.717) is 11.3 Å². The summed E-state index contributed by atoms with van der Waals surface area (Å²) in [6.45, 7) is 1.39. The predicted octanol–water partition coefficient (Wildman–Crippen LogP) is 2.62. The summed E-state index contributed by atoms with van der Waals surface area (Å²) >= 11 is 0. The predicted molar refractivity (Wildman–Crippen MR) is 109 cm³/mol. The van der Waals surface area contributed by atoms with Crippen molar-refractivity contribution in [3.8, 4) is 0 Å². The number of carbonyl (C=O) groups excluding carboxylic acids is 3. The molecule has 0 aromatic heterocycles. The first-order chi connectivity index (χ1) is 13.4. The maximum Gasteiger partial charge on any atom is 0.252 e. The molecule has 3 rings (SSSR count). The van der Waals surface area contributed by atoms with Crippen LogP contribution in [0.3, 0.4) is 0 Å². The molecule has 0 saturated carbocycles. The fourth-order valence-electron chi connectivity index (χ4n) is 3.01. The van der Waals surface area contributed by atoms with Crippen LogP contribution < -0.4 is 16.4 Å². The summed E-state index contributed by atoms with van der Waals surface area (Å²) in [5.41, 5.74) is 7.24. The molecule has 3 amide bonds.